The second-order valence-electron chi connectivity index (χ2n) is 3.11. The Labute approximate surface area is 84.3 Å². The summed E-state index contributed by atoms with van der Waals surface area (Å²) in [5.74, 6) is 0. The van der Waals surface area contributed by atoms with E-state index >= 15 is 0 Å². The van der Waals surface area contributed by atoms with E-state index in [1.54, 1.807) is 0 Å². The van der Waals surface area contributed by atoms with E-state index in [4.69, 9.17) is 16.3 Å². The van der Waals surface area contributed by atoms with Crippen LogP contribution in [-0.2, 0) is 0 Å². The average molecular weight is 211 g/mol. The number of aliphatic hydroxyl groups is 1. The lowest BCUT2D eigenvalue weighted by Crippen LogP contribution is -2.41. The molecule has 9 nitrogen and oxygen atoms in total. The molecule has 15 heavy (non-hydrogen) atoms. The van der Waals surface area contributed by atoms with E-state index in [1.165, 1.54) is 0 Å². The standard InChI is InChI=1S/C6H9N7O2/c7-12-9-4-1-3(14)2-5(11-15)6(4)10-13-8/h3-4,6,14-15H,1-2H2/b11-5-/t3-,4-,6-/m1/s1. The van der Waals surface area contributed by atoms with Gasteiger partial charge >= 0.3 is 0 Å². The molecule has 0 spiro atoms. The lowest BCUT2D eigenvalue weighted by Gasteiger charge is -2.28. The molecule has 0 bridgehead atoms. The Morgan fingerprint density at radius 1 is 1.27 bits per heavy atom. The van der Waals surface area contributed by atoms with Gasteiger partial charge in [0.05, 0.1) is 23.9 Å². The second-order valence-corrected chi connectivity index (χ2v) is 3.11. The van der Waals surface area contributed by atoms with Gasteiger partial charge in [-0.05, 0) is 17.5 Å². The third-order valence-electron chi connectivity index (χ3n) is 2.17. The molecule has 0 aromatic rings. The fraction of sp³-hybridized carbons (Fsp3) is 0.833. The summed E-state index contributed by atoms with van der Waals surface area (Å²) in [6, 6.07) is -1.53. The molecule has 1 aliphatic rings. The highest BCUT2D eigenvalue weighted by Crippen LogP contribution is 2.23. The average Bonchev–Trinajstić information content (AvgIpc) is 2.22. The number of hydrogen-bond acceptors (Lipinski definition) is 5. The normalized spacial score (nSPS) is 32.9. The van der Waals surface area contributed by atoms with Crippen molar-refractivity contribution in [3.63, 3.8) is 0 Å². The molecule has 1 saturated carbocycles. The van der Waals surface area contributed by atoms with Crippen molar-refractivity contribution in [2.24, 2.45) is 15.4 Å². The van der Waals surface area contributed by atoms with Gasteiger partial charge in [0.1, 0.15) is 0 Å². The minimum atomic E-state index is -0.820. The zero-order valence-corrected chi connectivity index (χ0v) is 7.67. The van der Waals surface area contributed by atoms with Gasteiger partial charge in [-0.2, -0.15) is 0 Å². The molecule has 0 unspecified atom stereocenters. The fourth-order valence-corrected chi connectivity index (χ4v) is 1.55. The van der Waals surface area contributed by atoms with Crippen molar-refractivity contribution in [1.29, 1.82) is 0 Å². The van der Waals surface area contributed by atoms with Gasteiger partial charge in [0.15, 0.2) is 0 Å². The number of oxime groups is 1. The molecule has 1 fully saturated rings. The third kappa shape index (κ3) is 2.50. The Morgan fingerprint density at radius 2 is 1.93 bits per heavy atom. The smallest absolute Gasteiger partial charge is 0.0877 e. The highest BCUT2D eigenvalue weighted by molar-refractivity contribution is 5.91. The van der Waals surface area contributed by atoms with Gasteiger partial charge in [-0.3, -0.25) is 0 Å². The molecule has 0 aromatic carbocycles. The van der Waals surface area contributed by atoms with Crippen LogP contribution in [0.3, 0.4) is 0 Å². The van der Waals surface area contributed by atoms with Crippen LogP contribution in [0.1, 0.15) is 12.8 Å². The Hall–Kier alpha value is -1.95. The largest absolute Gasteiger partial charge is 0.411 e. The van der Waals surface area contributed by atoms with Crippen molar-refractivity contribution < 1.29 is 10.3 Å². The van der Waals surface area contributed by atoms with Crippen LogP contribution < -0.4 is 0 Å². The van der Waals surface area contributed by atoms with Gasteiger partial charge in [0.25, 0.3) is 0 Å². The van der Waals surface area contributed by atoms with Gasteiger partial charge < -0.3 is 10.3 Å². The van der Waals surface area contributed by atoms with Crippen molar-refractivity contribution in [1.82, 2.24) is 0 Å². The molecular weight excluding hydrogens is 202 g/mol. The van der Waals surface area contributed by atoms with Gasteiger partial charge in [0, 0.05) is 16.2 Å². The Bertz CT molecular complexity index is 354. The number of azide groups is 2. The number of hydrogen-bond donors (Lipinski definition) is 2. The van der Waals surface area contributed by atoms with Crippen molar-refractivity contribution in [2.45, 2.75) is 31.0 Å². The predicted octanol–water partition coefficient (Wildman–Crippen LogP) is 1.33. The van der Waals surface area contributed by atoms with Crippen LogP contribution in [0.2, 0.25) is 0 Å². The molecule has 0 saturated heterocycles. The molecule has 0 aliphatic heterocycles. The summed E-state index contributed by atoms with van der Waals surface area (Å²) in [6.45, 7) is 0. The summed E-state index contributed by atoms with van der Waals surface area (Å²) in [5.41, 5.74) is 16.7. The van der Waals surface area contributed by atoms with E-state index in [2.05, 4.69) is 25.2 Å². The van der Waals surface area contributed by atoms with Crippen LogP contribution >= 0.6 is 0 Å². The highest BCUT2D eigenvalue weighted by atomic mass is 16.4. The Kier molecular flexibility index (Phi) is 3.75. The first kappa shape index (κ1) is 11.1. The maximum atomic E-state index is 9.38. The molecule has 0 radical (unpaired) electrons. The molecule has 0 aromatic heterocycles. The second kappa shape index (κ2) is 5.06. The molecule has 80 valence electrons. The highest BCUT2D eigenvalue weighted by Gasteiger charge is 2.33. The maximum absolute atomic E-state index is 9.38. The summed E-state index contributed by atoms with van der Waals surface area (Å²) in [5, 5.41) is 27.8. The van der Waals surface area contributed by atoms with Crippen LogP contribution in [0.15, 0.2) is 15.4 Å². The quantitative estimate of drug-likeness (QED) is 0.233. The Morgan fingerprint density at radius 3 is 2.47 bits per heavy atom. The summed E-state index contributed by atoms with van der Waals surface area (Å²) in [7, 11) is 0. The van der Waals surface area contributed by atoms with Crippen LogP contribution in [0.5, 0.6) is 0 Å². The molecule has 1 aliphatic carbocycles. The van der Waals surface area contributed by atoms with E-state index in [0.29, 0.717) is 0 Å². The molecule has 1 rings (SSSR count). The lowest BCUT2D eigenvalue weighted by molar-refractivity contribution is 0.148. The zero-order valence-electron chi connectivity index (χ0n) is 7.67. The van der Waals surface area contributed by atoms with E-state index in [-0.39, 0.29) is 18.6 Å². The zero-order chi connectivity index (χ0) is 11.3. The number of aliphatic hydroxyl groups excluding tert-OH is 1. The summed E-state index contributed by atoms with van der Waals surface area (Å²) < 4.78 is 0. The summed E-state index contributed by atoms with van der Waals surface area (Å²) in [6.07, 6.45) is -0.457. The van der Waals surface area contributed by atoms with Crippen molar-refractivity contribution >= 4 is 5.71 Å². The van der Waals surface area contributed by atoms with Crippen molar-refractivity contribution in [3.8, 4) is 0 Å². The monoisotopic (exact) mass is 211 g/mol. The van der Waals surface area contributed by atoms with Crippen LogP contribution in [-0.4, -0.2) is 34.2 Å². The van der Waals surface area contributed by atoms with Crippen LogP contribution in [0.25, 0.3) is 20.9 Å². The third-order valence-corrected chi connectivity index (χ3v) is 2.17. The minimum absolute atomic E-state index is 0.109. The van der Waals surface area contributed by atoms with Crippen LogP contribution in [0, 0.1) is 0 Å². The minimum Gasteiger partial charge on any atom is -0.411 e. The number of rotatable bonds is 2. The topological polar surface area (TPSA) is 150 Å². The van der Waals surface area contributed by atoms with Crippen molar-refractivity contribution in [2.75, 3.05) is 0 Å². The molecule has 0 heterocycles. The van der Waals surface area contributed by atoms with E-state index in [1.807, 2.05) is 0 Å². The van der Waals surface area contributed by atoms with E-state index in [0.717, 1.165) is 0 Å². The molecule has 0 amide bonds. The summed E-state index contributed by atoms with van der Waals surface area (Å²) in [4.78, 5) is 5.17. The fourth-order valence-electron chi connectivity index (χ4n) is 1.55. The van der Waals surface area contributed by atoms with Gasteiger partial charge in [-0.25, -0.2) is 0 Å². The predicted molar refractivity (Wildman–Crippen MR) is 50.3 cm³/mol. The lowest BCUT2D eigenvalue weighted by atomic mass is 9.87. The van der Waals surface area contributed by atoms with Crippen LogP contribution in [0.4, 0.5) is 0 Å². The van der Waals surface area contributed by atoms with Crippen molar-refractivity contribution in [3.05, 3.63) is 20.9 Å². The molecule has 9 heteroatoms. The first-order valence-electron chi connectivity index (χ1n) is 4.20. The Balaban J connectivity index is 3.00. The molecular formula is C6H9N7O2. The first-order chi connectivity index (χ1) is 7.22. The van der Waals surface area contributed by atoms with Gasteiger partial charge in [0.2, 0.25) is 0 Å². The number of nitrogens with zero attached hydrogens (tertiary/aromatic N) is 7. The maximum Gasteiger partial charge on any atom is 0.0877 e. The molecule has 2 N–H and O–H groups in total. The van der Waals surface area contributed by atoms with E-state index in [9.17, 15) is 5.11 Å². The summed E-state index contributed by atoms with van der Waals surface area (Å²) >= 11 is 0. The van der Waals surface area contributed by atoms with Gasteiger partial charge in [-0.15, -0.1) is 0 Å². The van der Waals surface area contributed by atoms with E-state index < -0.39 is 18.2 Å². The SMILES string of the molecule is [N-]=[N+]=N[C@@H]1C[C@@H](O)C/C(=N/O)[C@@H]1N=[N+]=[N-]. The molecule has 3 atom stereocenters. The first-order valence-corrected chi connectivity index (χ1v) is 4.20. The van der Waals surface area contributed by atoms with Gasteiger partial charge in [-0.1, -0.05) is 15.4 Å².